The molecule has 122 valence electrons. The van der Waals surface area contributed by atoms with E-state index in [0.717, 1.165) is 30.6 Å². The third kappa shape index (κ3) is 3.05. The largest absolute Gasteiger partial charge is 0.339 e. The van der Waals surface area contributed by atoms with Crippen molar-refractivity contribution in [2.75, 3.05) is 13.1 Å². The van der Waals surface area contributed by atoms with E-state index in [-0.39, 0.29) is 11.7 Å². The molecule has 1 aliphatic heterocycles. The van der Waals surface area contributed by atoms with Gasteiger partial charge in [0.2, 0.25) is 11.7 Å². The monoisotopic (exact) mass is 324 g/mol. The van der Waals surface area contributed by atoms with Crippen LogP contribution in [-0.2, 0) is 6.54 Å². The zero-order valence-corrected chi connectivity index (χ0v) is 13.1. The Hall–Kier alpha value is -2.60. The topological polar surface area (TPSA) is 55.1 Å². The van der Waals surface area contributed by atoms with Crippen LogP contribution in [0.3, 0.4) is 0 Å². The molecule has 0 N–H and O–H groups in total. The number of hydrogen-bond acceptors (Lipinski definition) is 5. The number of rotatable bonds is 4. The Morgan fingerprint density at radius 1 is 1.21 bits per heavy atom. The summed E-state index contributed by atoms with van der Waals surface area (Å²) in [6.07, 6.45) is 4.36. The van der Waals surface area contributed by atoms with Gasteiger partial charge in [-0.25, -0.2) is 4.39 Å². The van der Waals surface area contributed by atoms with Gasteiger partial charge in [0.25, 0.3) is 0 Å². The molecule has 0 radical (unpaired) electrons. The van der Waals surface area contributed by atoms with E-state index in [0.29, 0.717) is 18.3 Å². The van der Waals surface area contributed by atoms with Gasteiger partial charge in [0.15, 0.2) is 0 Å². The highest BCUT2D eigenvalue weighted by Crippen LogP contribution is 2.28. The SMILES string of the molecule is Fc1ccccc1CN1CC[C@@H](c2nc(-c3cccnc3)no2)C1. The number of likely N-dealkylation sites (tertiary alicyclic amines) is 1. The molecule has 0 saturated carbocycles. The van der Waals surface area contributed by atoms with Gasteiger partial charge in [0, 0.05) is 36.6 Å². The lowest BCUT2D eigenvalue weighted by Gasteiger charge is -2.15. The van der Waals surface area contributed by atoms with Crippen LogP contribution in [0, 0.1) is 5.82 Å². The normalized spacial score (nSPS) is 18.1. The fraction of sp³-hybridized carbons (Fsp3) is 0.278. The van der Waals surface area contributed by atoms with Crippen LogP contribution in [0.25, 0.3) is 11.4 Å². The highest BCUT2D eigenvalue weighted by Gasteiger charge is 2.28. The number of benzene rings is 1. The lowest BCUT2D eigenvalue weighted by Crippen LogP contribution is -2.20. The number of pyridine rings is 1. The summed E-state index contributed by atoms with van der Waals surface area (Å²) in [6.45, 7) is 2.29. The Labute approximate surface area is 139 Å². The molecule has 0 aliphatic carbocycles. The maximum atomic E-state index is 13.8. The zero-order valence-electron chi connectivity index (χ0n) is 13.1. The van der Waals surface area contributed by atoms with Crippen molar-refractivity contribution in [3.05, 3.63) is 66.1 Å². The average Bonchev–Trinajstić information content (AvgIpc) is 3.27. The average molecular weight is 324 g/mol. The molecule has 0 bridgehead atoms. The van der Waals surface area contributed by atoms with Crippen LogP contribution in [0.5, 0.6) is 0 Å². The summed E-state index contributed by atoms with van der Waals surface area (Å²) in [5.41, 5.74) is 1.56. The molecule has 1 aliphatic rings. The van der Waals surface area contributed by atoms with E-state index in [9.17, 15) is 4.39 Å². The van der Waals surface area contributed by atoms with Gasteiger partial charge in [0.1, 0.15) is 5.82 Å². The van der Waals surface area contributed by atoms with Crippen molar-refractivity contribution in [3.8, 4) is 11.4 Å². The fourth-order valence-electron chi connectivity index (χ4n) is 3.06. The highest BCUT2D eigenvalue weighted by atomic mass is 19.1. The van der Waals surface area contributed by atoms with Crippen LogP contribution in [0.2, 0.25) is 0 Å². The van der Waals surface area contributed by atoms with E-state index in [1.807, 2.05) is 24.3 Å². The second-order valence-electron chi connectivity index (χ2n) is 6.01. The Morgan fingerprint density at radius 2 is 2.12 bits per heavy atom. The molecule has 0 spiro atoms. The zero-order chi connectivity index (χ0) is 16.4. The molecule has 1 atom stereocenters. The molecular weight excluding hydrogens is 307 g/mol. The van der Waals surface area contributed by atoms with Crippen molar-refractivity contribution in [1.29, 1.82) is 0 Å². The fourth-order valence-corrected chi connectivity index (χ4v) is 3.06. The molecule has 1 fully saturated rings. The van der Waals surface area contributed by atoms with Gasteiger partial charge in [0.05, 0.1) is 5.92 Å². The highest BCUT2D eigenvalue weighted by molar-refractivity contribution is 5.51. The molecule has 4 rings (SSSR count). The molecule has 2 aromatic heterocycles. The van der Waals surface area contributed by atoms with Gasteiger partial charge in [-0.1, -0.05) is 23.4 Å². The van der Waals surface area contributed by atoms with Crippen LogP contribution in [0.4, 0.5) is 4.39 Å². The first-order valence-electron chi connectivity index (χ1n) is 7.99. The minimum atomic E-state index is -0.155. The standard InChI is InChI=1S/C18H17FN4O/c19-16-6-2-1-4-14(16)11-23-9-7-15(12-23)18-21-17(22-24-18)13-5-3-8-20-10-13/h1-6,8,10,15H,7,9,11-12H2/t15-/m1/s1. The first kappa shape index (κ1) is 15.0. The summed E-state index contributed by atoms with van der Waals surface area (Å²) in [5.74, 6) is 1.24. The number of halogens is 1. The van der Waals surface area contributed by atoms with Gasteiger partial charge in [-0.3, -0.25) is 9.88 Å². The van der Waals surface area contributed by atoms with Crippen molar-refractivity contribution in [1.82, 2.24) is 20.0 Å². The third-order valence-corrected chi connectivity index (χ3v) is 4.33. The summed E-state index contributed by atoms with van der Waals surface area (Å²) < 4.78 is 19.2. The summed E-state index contributed by atoms with van der Waals surface area (Å²) in [4.78, 5) is 10.8. The van der Waals surface area contributed by atoms with Gasteiger partial charge in [-0.05, 0) is 31.2 Å². The van der Waals surface area contributed by atoms with E-state index in [4.69, 9.17) is 4.52 Å². The Morgan fingerprint density at radius 3 is 2.96 bits per heavy atom. The van der Waals surface area contributed by atoms with E-state index in [1.165, 1.54) is 6.07 Å². The minimum Gasteiger partial charge on any atom is -0.339 e. The first-order valence-corrected chi connectivity index (χ1v) is 7.99. The molecule has 6 heteroatoms. The molecule has 5 nitrogen and oxygen atoms in total. The first-order chi connectivity index (χ1) is 11.8. The lowest BCUT2D eigenvalue weighted by atomic mass is 10.1. The van der Waals surface area contributed by atoms with Gasteiger partial charge in [-0.15, -0.1) is 0 Å². The van der Waals surface area contributed by atoms with Crippen molar-refractivity contribution in [2.24, 2.45) is 0 Å². The van der Waals surface area contributed by atoms with E-state index in [2.05, 4.69) is 20.0 Å². The molecule has 1 aromatic carbocycles. The van der Waals surface area contributed by atoms with Crippen molar-refractivity contribution >= 4 is 0 Å². The minimum absolute atomic E-state index is 0.155. The third-order valence-electron chi connectivity index (χ3n) is 4.33. The van der Waals surface area contributed by atoms with Crippen LogP contribution < -0.4 is 0 Å². The smallest absolute Gasteiger partial charge is 0.231 e. The molecule has 0 amide bonds. The Bertz CT molecular complexity index is 821. The summed E-state index contributed by atoms with van der Waals surface area (Å²) in [7, 11) is 0. The maximum Gasteiger partial charge on any atom is 0.231 e. The van der Waals surface area contributed by atoms with Gasteiger partial charge >= 0.3 is 0 Å². The molecule has 3 heterocycles. The number of aromatic nitrogens is 3. The molecule has 24 heavy (non-hydrogen) atoms. The predicted octanol–water partition coefficient (Wildman–Crippen LogP) is 3.26. The molecular formula is C18H17FN4O. The summed E-state index contributed by atoms with van der Waals surface area (Å²) >= 11 is 0. The number of nitrogens with zero attached hydrogens (tertiary/aromatic N) is 4. The second-order valence-corrected chi connectivity index (χ2v) is 6.01. The lowest BCUT2D eigenvalue weighted by molar-refractivity contribution is 0.305. The summed E-state index contributed by atoms with van der Waals surface area (Å²) in [5, 5.41) is 4.05. The molecule has 1 saturated heterocycles. The predicted molar refractivity (Wildman–Crippen MR) is 86.6 cm³/mol. The maximum absolute atomic E-state index is 13.8. The quantitative estimate of drug-likeness (QED) is 0.737. The Kier molecular flexibility index (Phi) is 4.04. The second kappa shape index (κ2) is 6.49. The van der Waals surface area contributed by atoms with Crippen molar-refractivity contribution in [3.63, 3.8) is 0 Å². The van der Waals surface area contributed by atoms with Crippen molar-refractivity contribution in [2.45, 2.75) is 18.9 Å². The van der Waals surface area contributed by atoms with Crippen molar-refractivity contribution < 1.29 is 8.91 Å². The van der Waals surface area contributed by atoms with Crippen LogP contribution in [0.1, 0.15) is 23.8 Å². The van der Waals surface area contributed by atoms with Crippen LogP contribution in [0.15, 0.2) is 53.3 Å². The van der Waals surface area contributed by atoms with Gasteiger partial charge in [-0.2, -0.15) is 4.98 Å². The molecule has 0 unspecified atom stereocenters. The summed E-state index contributed by atoms with van der Waals surface area (Å²) in [6, 6.07) is 10.7. The van der Waals surface area contributed by atoms with E-state index >= 15 is 0 Å². The Balaban J connectivity index is 1.44. The van der Waals surface area contributed by atoms with Crippen LogP contribution >= 0.6 is 0 Å². The van der Waals surface area contributed by atoms with Crippen LogP contribution in [-0.4, -0.2) is 33.1 Å². The van der Waals surface area contributed by atoms with E-state index in [1.54, 1.807) is 18.5 Å². The van der Waals surface area contributed by atoms with Gasteiger partial charge < -0.3 is 4.52 Å². The number of hydrogen-bond donors (Lipinski definition) is 0. The van der Waals surface area contributed by atoms with E-state index < -0.39 is 0 Å². The molecule has 3 aromatic rings.